The fourth-order valence-electron chi connectivity index (χ4n) is 1.64. The van der Waals surface area contributed by atoms with Gasteiger partial charge in [-0.25, -0.2) is 4.98 Å². The highest BCUT2D eigenvalue weighted by atomic mass is 16.1. The first-order chi connectivity index (χ1) is 9.29. The van der Waals surface area contributed by atoms with Gasteiger partial charge in [-0.15, -0.1) is 0 Å². The Morgan fingerprint density at radius 3 is 2.79 bits per heavy atom. The highest BCUT2D eigenvalue weighted by Gasteiger charge is 2.05. The smallest absolute Gasteiger partial charge is 0.252 e. The molecule has 0 fully saturated rings. The van der Waals surface area contributed by atoms with Crippen molar-refractivity contribution in [3.8, 4) is 0 Å². The quantitative estimate of drug-likeness (QED) is 0.850. The molecule has 98 valence electrons. The van der Waals surface area contributed by atoms with Crippen LogP contribution in [0.25, 0.3) is 0 Å². The molecule has 19 heavy (non-hydrogen) atoms. The second-order valence-electron chi connectivity index (χ2n) is 4.05. The van der Waals surface area contributed by atoms with Crippen molar-refractivity contribution in [3.05, 3.63) is 54.0 Å². The minimum Gasteiger partial charge on any atom is -0.373 e. The summed E-state index contributed by atoms with van der Waals surface area (Å²) in [5.74, 6) is 0.631. The van der Waals surface area contributed by atoms with Gasteiger partial charge in [-0.3, -0.25) is 9.78 Å². The van der Waals surface area contributed by atoms with Crippen molar-refractivity contribution in [2.45, 2.75) is 6.42 Å². The molecule has 0 bridgehead atoms. The van der Waals surface area contributed by atoms with Crippen LogP contribution in [-0.4, -0.2) is 29.5 Å². The molecule has 2 rings (SSSR count). The number of carbonyl (C=O) groups is 1. The summed E-state index contributed by atoms with van der Waals surface area (Å²) >= 11 is 0. The second-order valence-corrected chi connectivity index (χ2v) is 4.05. The molecule has 0 saturated carbocycles. The molecule has 0 unspecified atom stereocenters. The zero-order valence-corrected chi connectivity index (χ0v) is 10.8. The second kappa shape index (κ2) is 6.49. The van der Waals surface area contributed by atoms with Crippen LogP contribution in [0.3, 0.4) is 0 Å². The third kappa shape index (κ3) is 3.77. The third-order valence-electron chi connectivity index (χ3n) is 2.70. The van der Waals surface area contributed by atoms with Gasteiger partial charge in [0.15, 0.2) is 0 Å². The molecule has 5 heteroatoms. The number of nitrogens with one attached hydrogen (secondary N) is 2. The van der Waals surface area contributed by atoms with Crippen LogP contribution >= 0.6 is 0 Å². The Morgan fingerprint density at radius 2 is 2.16 bits per heavy atom. The van der Waals surface area contributed by atoms with Crippen molar-refractivity contribution < 1.29 is 4.79 Å². The van der Waals surface area contributed by atoms with E-state index in [-0.39, 0.29) is 5.91 Å². The Balaban J connectivity index is 1.84. The minimum absolute atomic E-state index is 0.112. The number of carbonyl (C=O) groups excluding carboxylic acids is 1. The molecule has 0 aliphatic rings. The lowest BCUT2D eigenvalue weighted by Crippen LogP contribution is -2.25. The van der Waals surface area contributed by atoms with Gasteiger partial charge < -0.3 is 10.6 Å². The van der Waals surface area contributed by atoms with E-state index in [1.807, 2.05) is 12.1 Å². The fourth-order valence-corrected chi connectivity index (χ4v) is 1.64. The lowest BCUT2D eigenvalue weighted by molar-refractivity contribution is 0.0954. The predicted molar refractivity (Wildman–Crippen MR) is 74.1 cm³/mol. The summed E-state index contributed by atoms with van der Waals surface area (Å²) in [4.78, 5) is 20.0. The van der Waals surface area contributed by atoms with E-state index in [0.717, 1.165) is 17.8 Å². The number of nitrogens with zero attached hydrogens (tertiary/aromatic N) is 2. The molecule has 0 radical (unpaired) electrons. The normalized spacial score (nSPS) is 9.95. The van der Waals surface area contributed by atoms with E-state index in [1.54, 1.807) is 37.8 Å². The van der Waals surface area contributed by atoms with Gasteiger partial charge >= 0.3 is 0 Å². The Kier molecular flexibility index (Phi) is 4.44. The first-order valence-corrected chi connectivity index (χ1v) is 6.10. The molecule has 0 aromatic carbocycles. The predicted octanol–water partition coefficient (Wildman–Crippen LogP) is 1.49. The molecule has 0 aliphatic heterocycles. The van der Waals surface area contributed by atoms with Crippen LogP contribution in [-0.2, 0) is 6.42 Å². The van der Waals surface area contributed by atoms with Gasteiger partial charge in [0.1, 0.15) is 5.82 Å². The van der Waals surface area contributed by atoms with Gasteiger partial charge in [0.2, 0.25) is 0 Å². The van der Waals surface area contributed by atoms with E-state index < -0.39 is 0 Å². The van der Waals surface area contributed by atoms with Crippen molar-refractivity contribution in [3.63, 3.8) is 0 Å². The monoisotopic (exact) mass is 256 g/mol. The van der Waals surface area contributed by atoms with Gasteiger partial charge in [-0.1, -0.05) is 6.07 Å². The van der Waals surface area contributed by atoms with Crippen LogP contribution in [0.15, 0.2) is 42.9 Å². The number of hydrogen-bond donors (Lipinski definition) is 2. The summed E-state index contributed by atoms with van der Waals surface area (Å²) in [6, 6.07) is 7.40. The zero-order valence-electron chi connectivity index (χ0n) is 10.8. The van der Waals surface area contributed by atoms with Gasteiger partial charge in [0.25, 0.3) is 5.91 Å². The molecule has 2 aromatic rings. The minimum atomic E-state index is -0.112. The number of amides is 1. The molecule has 0 spiro atoms. The summed E-state index contributed by atoms with van der Waals surface area (Å²) in [7, 11) is 1.79. The van der Waals surface area contributed by atoms with E-state index >= 15 is 0 Å². The van der Waals surface area contributed by atoms with Crippen molar-refractivity contribution in [2.75, 3.05) is 18.9 Å². The number of rotatable bonds is 5. The summed E-state index contributed by atoms with van der Waals surface area (Å²) in [5, 5.41) is 5.77. The first kappa shape index (κ1) is 13.0. The highest BCUT2D eigenvalue weighted by molar-refractivity contribution is 5.94. The van der Waals surface area contributed by atoms with Crippen LogP contribution in [0.1, 0.15) is 15.9 Å². The number of anilines is 1. The standard InChI is InChI=1S/C14H16N4O/c1-15-13-5-4-12(10-18-13)14(19)17-8-6-11-3-2-7-16-9-11/h2-5,7,9-10H,6,8H2,1H3,(H,15,18)(H,17,19). The third-order valence-corrected chi connectivity index (χ3v) is 2.70. The van der Waals surface area contributed by atoms with Crippen LogP contribution in [0.4, 0.5) is 5.82 Å². The van der Waals surface area contributed by atoms with E-state index in [2.05, 4.69) is 20.6 Å². The SMILES string of the molecule is CNc1ccc(C(=O)NCCc2cccnc2)cn1. The average molecular weight is 256 g/mol. The molecular weight excluding hydrogens is 240 g/mol. The summed E-state index contributed by atoms with van der Waals surface area (Å²) in [6.07, 6.45) is 5.86. The van der Waals surface area contributed by atoms with Gasteiger partial charge in [-0.05, 0) is 30.2 Å². The maximum Gasteiger partial charge on any atom is 0.252 e. The summed E-state index contributed by atoms with van der Waals surface area (Å²) in [6.45, 7) is 0.582. The summed E-state index contributed by atoms with van der Waals surface area (Å²) in [5.41, 5.74) is 1.66. The largest absolute Gasteiger partial charge is 0.373 e. The van der Waals surface area contributed by atoms with Crippen molar-refractivity contribution in [2.24, 2.45) is 0 Å². The zero-order chi connectivity index (χ0) is 13.5. The van der Waals surface area contributed by atoms with Crippen LogP contribution in [0.2, 0.25) is 0 Å². The Hall–Kier alpha value is -2.43. The Bertz CT molecular complexity index is 525. The number of hydrogen-bond acceptors (Lipinski definition) is 4. The molecule has 0 aliphatic carbocycles. The van der Waals surface area contributed by atoms with Crippen LogP contribution in [0, 0.1) is 0 Å². The fraction of sp³-hybridized carbons (Fsp3) is 0.214. The maximum absolute atomic E-state index is 11.8. The number of aromatic nitrogens is 2. The topological polar surface area (TPSA) is 66.9 Å². The van der Waals surface area contributed by atoms with Crippen molar-refractivity contribution >= 4 is 11.7 Å². The van der Waals surface area contributed by atoms with E-state index in [1.165, 1.54) is 0 Å². The van der Waals surface area contributed by atoms with Gasteiger partial charge in [-0.2, -0.15) is 0 Å². The Labute approximate surface area is 112 Å². The molecule has 5 nitrogen and oxygen atoms in total. The average Bonchev–Trinajstić information content (AvgIpc) is 2.48. The molecular formula is C14H16N4O. The molecule has 1 amide bonds. The van der Waals surface area contributed by atoms with Gasteiger partial charge in [0, 0.05) is 32.2 Å². The highest BCUT2D eigenvalue weighted by Crippen LogP contribution is 2.04. The molecule has 0 saturated heterocycles. The van der Waals surface area contributed by atoms with E-state index in [4.69, 9.17) is 0 Å². The molecule has 0 atom stereocenters. The molecule has 2 aromatic heterocycles. The maximum atomic E-state index is 11.8. The Morgan fingerprint density at radius 1 is 1.26 bits per heavy atom. The summed E-state index contributed by atoms with van der Waals surface area (Å²) < 4.78 is 0. The molecule has 2 heterocycles. The number of pyridine rings is 2. The van der Waals surface area contributed by atoms with Crippen molar-refractivity contribution in [1.82, 2.24) is 15.3 Å². The lowest BCUT2D eigenvalue weighted by atomic mass is 10.2. The first-order valence-electron chi connectivity index (χ1n) is 6.10. The molecule has 2 N–H and O–H groups in total. The van der Waals surface area contributed by atoms with E-state index in [0.29, 0.717) is 12.1 Å². The van der Waals surface area contributed by atoms with Crippen molar-refractivity contribution in [1.29, 1.82) is 0 Å². The lowest BCUT2D eigenvalue weighted by Gasteiger charge is -2.05. The van der Waals surface area contributed by atoms with Crippen LogP contribution < -0.4 is 10.6 Å². The van der Waals surface area contributed by atoms with Crippen LogP contribution in [0.5, 0.6) is 0 Å². The van der Waals surface area contributed by atoms with Gasteiger partial charge in [0.05, 0.1) is 5.56 Å². The van der Waals surface area contributed by atoms with E-state index in [9.17, 15) is 4.79 Å².